The lowest BCUT2D eigenvalue weighted by Gasteiger charge is -2.25. The molecule has 0 spiro atoms. The van der Waals surface area contributed by atoms with Gasteiger partial charge in [-0.15, -0.1) is 0 Å². The summed E-state index contributed by atoms with van der Waals surface area (Å²) in [5.74, 6) is 1.56. The van der Waals surface area contributed by atoms with Crippen LogP contribution in [-0.2, 0) is 9.84 Å². The second kappa shape index (κ2) is 15.3. The van der Waals surface area contributed by atoms with Crippen LogP contribution >= 0.6 is 0 Å². The molecule has 4 saturated carbocycles. The minimum atomic E-state index is -3.88. The molecule has 0 radical (unpaired) electrons. The van der Waals surface area contributed by atoms with Crippen molar-refractivity contribution in [3.63, 3.8) is 0 Å². The largest absolute Gasteiger partial charge is 0.507 e. The van der Waals surface area contributed by atoms with Crippen molar-refractivity contribution in [2.45, 2.75) is 188 Å². The summed E-state index contributed by atoms with van der Waals surface area (Å²) in [7, 11) is -3.88. The molecule has 0 unspecified atom stereocenters. The van der Waals surface area contributed by atoms with E-state index in [1.165, 1.54) is 51.4 Å². The van der Waals surface area contributed by atoms with Crippen LogP contribution < -0.4 is 0 Å². The second-order valence-electron chi connectivity index (χ2n) is 15.2. The van der Waals surface area contributed by atoms with E-state index in [-0.39, 0.29) is 23.7 Å². The fourth-order valence-electron chi connectivity index (χ4n) is 9.36. The fourth-order valence-corrected chi connectivity index (χ4v) is 10.8. The average Bonchev–Trinajstić information content (AvgIpc) is 3.66. The number of phenols is 2. The van der Waals surface area contributed by atoms with Gasteiger partial charge in [0, 0.05) is 0 Å². The van der Waals surface area contributed by atoms with Crippen LogP contribution in [0.25, 0.3) is 0 Å². The van der Waals surface area contributed by atoms with Crippen LogP contribution in [0.3, 0.4) is 0 Å². The lowest BCUT2D eigenvalue weighted by Crippen LogP contribution is -2.11. The van der Waals surface area contributed by atoms with Gasteiger partial charge in [0.1, 0.15) is 11.5 Å². The van der Waals surface area contributed by atoms with Crippen molar-refractivity contribution in [1.82, 2.24) is 0 Å². The zero-order chi connectivity index (χ0) is 31.2. The van der Waals surface area contributed by atoms with Crippen molar-refractivity contribution < 1.29 is 18.6 Å². The van der Waals surface area contributed by atoms with E-state index in [0.29, 0.717) is 21.3 Å². The highest BCUT2D eigenvalue weighted by Gasteiger charge is 2.32. The molecule has 4 aliphatic carbocycles. The number of phenolic OH excluding ortho intramolecular Hbond substituents is 2. The molecular formula is C40H58O4S. The molecule has 2 N–H and O–H groups in total. The van der Waals surface area contributed by atoms with Gasteiger partial charge in [0.25, 0.3) is 0 Å². The van der Waals surface area contributed by atoms with Crippen LogP contribution in [-0.4, -0.2) is 18.6 Å². The number of rotatable bonds is 6. The molecule has 5 heteroatoms. The molecule has 0 amide bonds. The summed E-state index contributed by atoms with van der Waals surface area (Å²) < 4.78 is 29.8. The molecule has 2 aromatic rings. The van der Waals surface area contributed by atoms with E-state index in [1.807, 2.05) is 24.3 Å². The lowest BCUT2D eigenvalue weighted by molar-refractivity contribution is 0.434. The number of aromatic hydroxyl groups is 2. The van der Waals surface area contributed by atoms with E-state index in [4.69, 9.17) is 0 Å². The first kappa shape index (κ1) is 32.9. The van der Waals surface area contributed by atoms with Crippen LogP contribution in [0, 0.1) is 0 Å². The third-order valence-corrected chi connectivity index (χ3v) is 13.8. The van der Waals surface area contributed by atoms with Gasteiger partial charge in [0.2, 0.25) is 9.84 Å². The van der Waals surface area contributed by atoms with Gasteiger partial charge in [-0.2, -0.15) is 0 Å². The molecule has 0 aliphatic heterocycles. The van der Waals surface area contributed by atoms with Crippen molar-refractivity contribution in [2.75, 3.05) is 0 Å². The highest BCUT2D eigenvalue weighted by atomic mass is 32.2. The minimum absolute atomic E-state index is 0.204. The molecule has 4 aliphatic rings. The summed E-state index contributed by atoms with van der Waals surface area (Å²) in [4.78, 5) is 0.700. The lowest BCUT2D eigenvalue weighted by atomic mass is 9.84. The summed E-state index contributed by atoms with van der Waals surface area (Å²) in [5, 5.41) is 23.7. The van der Waals surface area contributed by atoms with Crippen molar-refractivity contribution in [3.8, 4) is 11.5 Å². The van der Waals surface area contributed by atoms with Gasteiger partial charge in [-0.1, -0.05) is 103 Å². The molecule has 248 valence electrons. The summed E-state index contributed by atoms with van der Waals surface area (Å²) >= 11 is 0. The predicted molar refractivity (Wildman–Crippen MR) is 183 cm³/mol. The normalized spacial score (nSPS) is 22.8. The quantitative estimate of drug-likeness (QED) is 0.310. The van der Waals surface area contributed by atoms with E-state index < -0.39 is 9.84 Å². The van der Waals surface area contributed by atoms with Crippen LogP contribution in [0.15, 0.2) is 34.1 Å². The molecule has 4 nitrogen and oxygen atoms in total. The number of sulfone groups is 1. The highest BCUT2D eigenvalue weighted by Crippen LogP contribution is 2.48. The van der Waals surface area contributed by atoms with Crippen molar-refractivity contribution in [3.05, 3.63) is 46.5 Å². The molecule has 0 heterocycles. The van der Waals surface area contributed by atoms with Gasteiger partial charge in [0.15, 0.2) is 0 Å². The van der Waals surface area contributed by atoms with Gasteiger partial charge >= 0.3 is 0 Å². The Morgan fingerprint density at radius 2 is 0.578 bits per heavy atom. The second-order valence-corrected chi connectivity index (χ2v) is 17.1. The molecule has 0 atom stereocenters. The van der Waals surface area contributed by atoms with Crippen LogP contribution in [0.5, 0.6) is 11.5 Å². The number of hydrogen-bond acceptors (Lipinski definition) is 4. The molecule has 2 aromatic carbocycles. The smallest absolute Gasteiger partial charge is 0.206 e. The van der Waals surface area contributed by atoms with Crippen LogP contribution in [0.2, 0.25) is 0 Å². The maximum atomic E-state index is 14.9. The topological polar surface area (TPSA) is 74.6 Å². The zero-order valence-electron chi connectivity index (χ0n) is 27.7. The number of benzene rings is 2. The van der Waals surface area contributed by atoms with Crippen LogP contribution in [0.1, 0.15) is 200 Å². The molecule has 0 aromatic heterocycles. The molecule has 4 fully saturated rings. The van der Waals surface area contributed by atoms with E-state index >= 15 is 0 Å². The van der Waals surface area contributed by atoms with Crippen molar-refractivity contribution >= 4 is 9.84 Å². The fraction of sp³-hybridized carbons (Fsp3) is 0.700. The van der Waals surface area contributed by atoms with Crippen molar-refractivity contribution in [1.29, 1.82) is 0 Å². The van der Waals surface area contributed by atoms with Gasteiger partial charge in [-0.3, -0.25) is 0 Å². The average molecular weight is 635 g/mol. The van der Waals surface area contributed by atoms with E-state index in [0.717, 1.165) is 125 Å². The van der Waals surface area contributed by atoms with Crippen molar-refractivity contribution in [2.24, 2.45) is 0 Å². The third kappa shape index (κ3) is 7.60. The first-order chi connectivity index (χ1) is 21.9. The van der Waals surface area contributed by atoms with Gasteiger partial charge in [-0.05, 0) is 122 Å². The summed E-state index contributed by atoms with van der Waals surface area (Å²) in [6.45, 7) is 0. The van der Waals surface area contributed by atoms with E-state index in [2.05, 4.69) is 0 Å². The first-order valence-electron chi connectivity index (χ1n) is 18.9. The van der Waals surface area contributed by atoms with Gasteiger partial charge in [-0.25, -0.2) is 8.42 Å². The third-order valence-electron chi connectivity index (χ3n) is 12.1. The van der Waals surface area contributed by atoms with E-state index in [1.54, 1.807) is 0 Å². The maximum Gasteiger partial charge on any atom is 0.206 e. The first-order valence-corrected chi connectivity index (χ1v) is 20.4. The Morgan fingerprint density at radius 1 is 0.378 bits per heavy atom. The molecular weight excluding hydrogens is 577 g/mol. The molecule has 0 bridgehead atoms. The number of hydrogen-bond donors (Lipinski definition) is 2. The molecule has 45 heavy (non-hydrogen) atoms. The SMILES string of the molecule is O=S(=O)(c1cc(C2CCCCCC2)c(O)c(C2CCCCCC2)c1)c1cc(C2CCCCCC2)c(O)c(C2CCCCCC2)c1. The zero-order valence-corrected chi connectivity index (χ0v) is 28.5. The van der Waals surface area contributed by atoms with E-state index in [9.17, 15) is 18.6 Å². The summed E-state index contributed by atoms with van der Waals surface area (Å²) in [6.07, 6.45) is 26.9. The standard InChI is InChI=1S/C40H58O4S/c41-39-35(29-17-9-1-2-10-18-29)25-33(26-36(39)30-19-11-3-4-12-20-30)45(43,44)34-27-37(31-21-13-5-6-14-22-31)40(42)38(28-34)32-23-15-7-8-16-24-32/h25-32,41-42H,1-24H2. The summed E-state index contributed by atoms with van der Waals surface area (Å²) in [6, 6.07) is 7.41. The maximum absolute atomic E-state index is 14.9. The van der Waals surface area contributed by atoms with Gasteiger partial charge in [0.05, 0.1) is 9.79 Å². The Balaban J connectivity index is 1.48. The monoisotopic (exact) mass is 634 g/mol. The Labute approximate surface area is 273 Å². The minimum Gasteiger partial charge on any atom is -0.507 e. The Hall–Kier alpha value is -2.01. The molecule has 0 saturated heterocycles. The Morgan fingerprint density at radius 3 is 0.778 bits per heavy atom. The summed E-state index contributed by atoms with van der Waals surface area (Å²) in [5.41, 5.74) is 3.46. The van der Waals surface area contributed by atoms with Gasteiger partial charge < -0.3 is 10.2 Å². The Kier molecular flexibility index (Phi) is 11.2. The van der Waals surface area contributed by atoms with Crippen LogP contribution in [0.4, 0.5) is 0 Å². The molecule has 6 rings (SSSR count). The predicted octanol–water partition coefficient (Wildman–Crippen LogP) is 11.7. The Bertz CT molecular complexity index is 1180. The highest BCUT2D eigenvalue weighted by molar-refractivity contribution is 7.91.